The van der Waals surface area contributed by atoms with Crippen molar-refractivity contribution in [3.05, 3.63) is 71.8 Å². The highest BCUT2D eigenvalue weighted by molar-refractivity contribution is 5.94. The molecule has 2 rings (SSSR count). The number of carbonyl (C=O) groups excluding carboxylic acids is 3. The van der Waals surface area contributed by atoms with Crippen LogP contribution in [0.1, 0.15) is 50.7 Å². The predicted molar refractivity (Wildman–Crippen MR) is 154 cm³/mol. The lowest BCUT2D eigenvalue weighted by Gasteiger charge is -2.26. The van der Waals surface area contributed by atoms with Crippen LogP contribution in [0.25, 0.3) is 0 Å². The van der Waals surface area contributed by atoms with E-state index in [2.05, 4.69) is 16.0 Å². The second-order valence-corrected chi connectivity index (χ2v) is 10.4. The lowest BCUT2D eigenvalue weighted by Crippen LogP contribution is -2.58. The standard InChI is InChI=1S/C30H43N5O5/c1-20(2)17-23(32)27(36)34-25(18-21-11-5-3-6-12-21)29(38)35-26(19-22-13-7-4-8-14-22)28(37)33-24(30(39)40)15-9-10-16-31/h3-8,11-14,20,23-26H,9-10,15-19,31-32H2,1-2H3,(H,33,37)(H,34,36)(H,35,38)(H,39,40). The van der Waals surface area contributed by atoms with Gasteiger partial charge in [0.1, 0.15) is 18.1 Å². The van der Waals surface area contributed by atoms with Crippen LogP contribution in [0.4, 0.5) is 0 Å². The van der Waals surface area contributed by atoms with Gasteiger partial charge < -0.3 is 32.5 Å². The molecule has 0 aliphatic rings. The third-order valence-electron chi connectivity index (χ3n) is 6.45. The Hall–Kier alpha value is -3.76. The molecule has 2 aromatic rings. The molecule has 0 saturated heterocycles. The van der Waals surface area contributed by atoms with Crippen molar-refractivity contribution in [2.24, 2.45) is 17.4 Å². The summed E-state index contributed by atoms with van der Waals surface area (Å²) in [5, 5.41) is 17.7. The first kappa shape index (κ1) is 32.5. The first-order valence-corrected chi connectivity index (χ1v) is 13.8. The fourth-order valence-electron chi connectivity index (χ4n) is 4.31. The van der Waals surface area contributed by atoms with Gasteiger partial charge in [-0.2, -0.15) is 0 Å². The van der Waals surface area contributed by atoms with Crippen LogP contribution in [0, 0.1) is 5.92 Å². The number of nitrogens with two attached hydrogens (primary N) is 2. The van der Waals surface area contributed by atoms with Crippen molar-refractivity contribution in [1.82, 2.24) is 16.0 Å². The summed E-state index contributed by atoms with van der Waals surface area (Å²) in [6.07, 6.45) is 2.14. The minimum absolute atomic E-state index is 0.131. The topological polar surface area (TPSA) is 177 Å². The maximum Gasteiger partial charge on any atom is 0.326 e. The molecule has 8 N–H and O–H groups in total. The van der Waals surface area contributed by atoms with Crippen LogP contribution in [0.15, 0.2) is 60.7 Å². The number of carbonyl (C=O) groups is 4. The summed E-state index contributed by atoms with van der Waals surface area (Å²) in [5.74, 6) is -2.63. The molecular weight excluding hydrogens is 510 g/mol. The van der Waals surface area contributed by atoms with Gasteiger partial charge in [-0.1, -0.05) is 74.5 Å². The molecule has 4 atom stereocenters. The Bertz CT molecular complexity index is 1080. The Balaban J connectivity index is 2.27. The molecule has 4 unspecified atom stereocenters. The summed E-state index contributed by atoms with van der Waals surface area (Å²) in [6.45, 7) is 4.32. The van der Waals surface area contributed by atoms with Gasteiger partial charge in [-0.3, -0.25) is 14.4 Å². The maximum atomic E-state index is 13.6. The van der Waals surface area contributed by atoms with Crippen LogP contribution in [0.5, 0.6) is 0 Å². The smallest absolute Gasteiger partial charge is 0.326 e. The summed E-state index contributed by atoms with van der Waals surface area (Å²) in [5.41, 5.74) is 13.2. The Labute approximate surface area is 236 Å². The van der Waals surface area contributed by atoms with Crippen molar-refractivity contribution >= 4 is 23.7 Å². The van der Waals surface area contributed by atoms with Gasteiger partial charge in [-0.05, 0) is 49.3 Å². The van der Waals surface area contributed by atoms with Crippen molar-refractivity contribution in [2.45, 2.75) is 76.5 Å². The Morgan fingerprint density at radius 2 is 1.18 bits per heavy atom. The van der Waals surface area contributed by atoms with Crippen molar-refractivity contribution in [2.75, 3.05) is 6.54 Å². The number of aliphatic carboxylic acids is 1. The van der Waals surface area contributed by atoms with Crippen molar-refractivity contribution in [3.8, 4) is 0 Å². The molecule has 10 nitrogen and oxygen atoms in total. The lowest BCUT2D eigenvalue weighted by molar-refractivity contribution is -0.142. The van der Waals surface area contributed by atoms with E-state index in [9.17, 15) is 24.3 Å². The first-order chi connectivity index (χ1) is 19.1. The van der Waals surface area contributed by atoms with Gasteiger partial charge in [0.25, 0.3) is 0 Å². The predicted octanol–water partition coefficient (Wildman–Crippen LogP) is 1.51. The van der Waals surface area contributed by atoms with Gasteiger partial charge in [0.05, 0.1) is 6.04 Å². The average molecular weight is 554 g/mol. The molecule has 0 spiro atoms. The monoisotopic (exact) mass is 553 g/mol. The Kier molecular flexibility index (Phi) is 13.8. The average Bonchev–Trinajstić information content (AvgIpc) is 2.92. The molecule has 0 aromatic heterocycles. The van der Waals surface area contributed by atoms with Gasteiger partial charge in [-0.15, -0.1) is 0 Å². The third-order valence-corrected chi connectivity index (χ3v) is 6.45. The van der Waals surface area contributed by atoms with Crippen LogP contribution in [-0.2, 0) is 32.0 Å². The molecular formula is C30H43N5O5. The molecule has 0 radical (unpaired) electrons. The molecule has 0 heterocycles. The maximum absolute atomic E-state index is 13.6. The molecule has 2 aromatic carbocycles. The van der Waals surface area contributed by atoms with Gasteiger partial charge in [0.2, 0.25) is 17.7 Å². The summed E-state index contributed by atoms with van der Waals surface area (Å²) in [4.78, 5) is 51.6. The highest BCUT2D eigenvalue weighted by atomic mass is 16.4. The molecule has 10 heteroatoms. The summed E-state index contributed by atoms with van der Waals surface area (Å²) < 4.78 is 0. The molecule has 0 aliphatic carbocycles. The molecule has 3 amide bonds. The van der Waals surface area contributed by atoms with Gasteiger partial charge in [-0.25, -0.2) is 4.79 Å². The van der Waals surface area contributed by atoms with E-state index < -0.39 is 47.9 Å². The van der Waals surface area contributed by atoms with E-state index in [1.165, 1.54) is 0 Å². The van der Waals surface area contributed by atoms with Crippen LogP contribution in [0.3, 0.4) is 0 Å². The highest BCUT2D eigenvalue weighted by Gasteiger charge is 2.30. The van der Waals surface area contributed by atoms with E-state index in [4.69, 9.17) is 11.5 Å². The number of benzene rings is 2. The van der Waals surface area contributed by atoms with Crippen molar-refractivity contribution < 1.29 is 24.3 Å². The SMILES string of the molecule is CC(C)CC(N)C(=O)NC(Cc1ccccc1)C(=O)NC(Cc1ccccc1)C(=O)NC(CCCCN)C(=O)O. The fraction of sp³-hybridized carbons (Fsp3) is 0.467. The van der Waals surface area contributed by atoms with Crippen LogP contribution >= 0.6 is 0 Å². The number of rotatable bonds is 17. The van der Waals surface area contributed by atoms with Crippen molar-refractivity contribution in [1.29, 1.82) is 0 Å². The molecule has 0 aliphatic heterocycles. The fourth-order valence-corrected chi connectivity index (χ4v) is 4.31. The number of nitrogens with one attached hydrogen (secondary N) is 3. The minimum Gasteiger partial charge on any atom is -0.480 e. The van der Waals surface area contributed by atoms with Crippen molar-refractivity contribution in [3.63, 3.8) is 0 Å². The van der Waals surface area contributed by atoms with E-state index >= 15 is 0 Å². The summed E-state index contributed by atoms with van der Waals surface area (Å²) >= 11 is 0. The first-order valence-electron chi connectivity index (χ1n) is 13.8. The molecule has 0 bridgehead atoms. The minimum atomic E-state index is -1.16. The van der Waals surface area contributed by atoms with Crippen LogP contribution < -0.4 is 27.4 Å². The zero-order chi connectivity index (χ0) is 29.5. The van der Waals surface area contributed by atoms with Crippen LogP contribution in [0.2, 0.25) is 0 Å². The highest BCUT2D eigenvalue weighted by Crippen LogP contribution is 2.10. The second-order valence-electron chi connectivity index (χ2n) is 10.4. The molecule has 218 valence electrons. The molecule has 0 saturated carbocycles. The lowest BCUT2D eigenvalue weighted by atomic mass is 10.0. The normalized spacial score (nSPS) is 14.0. The number of carboxylic acids is 1. The molecule has 40 heavy (non-hydrogen) atoms. The number of hydrogen-bond donors (Lipinski definition) is 6. The second kappa shape index (κ2) is 17.0. The van der Waals surface area contributed by atoms with E-state index in [0.717, 1.165) is 11.1 Å². The van der Waals surface area contributed by atoms with E-state index in [-0.39, 0.29) is 25.2 Å². The van der Waals surface area contributed by atoms with Gasteiger partial charge in [0, 0.05) is 12.8 Å². The van der Waals surface area contributed by atoms with Gasteiger partial charge in [0.15, 0.2) is 0 Å². The molecule has 0 fully saturated rings. The number of carboxylic acid groups (broad SMARTS) is 1. The zero-order valence-corrected chi connectivity index (χ0v) is 23.3. The number of hydrogen-bond acceptors (Lipinski definition) is 6. The summed E-state index contributed by atoms with van der Waals surface area (Å²) in [6, 6.07) is 14.3. The largest absolute Gasteiger partial charge is 0.480 e. The van der Waals surface area contributed by atoms with E-state index in [1.54, 1.807) is 0 Å². The van der Waals surface area contributed by atoms with Crippen LogP contribution in [-0.4, -0.2) is 59.5 Å². The number of amides is 3. The summed E-state index contributed by atoms with van der Waals surface area (Å²) in [7, 11) is 0. The Morgan fingerprint density at radius 3 is 1.60 bits per heavy atom. The van der Waals surface area contributed by atoms with E-state index in [0.29, 0.717) is 25.8 Å². The van der Waals surface area contributed by atoms with Gasteiger partial charge >= 0.3 is 5.97 Å². The zero-order valence-electron chi connectivity index (χ0n) is 23.3. The Morgan fingerprint density at radius 1 is 0.725 bits per heavy atom. The van der Waals surface area contributed by atoms with E-state index in [1.807, 2.05) is 74.5 Å². The quantitative estimate of drug-likeness (QED) is 0.161. The third kappa shape index (κ3) is 11.5. The number of unbranched alkanes of at least 4 members (excludes halogenated alkanes) is 1.